The second-order valence-electron chi connectivity index (χ2n) is 7.31. The third kappa shape index (κ3) is 8.77. The van der Waals surface area contributed by atoms with Gasteiger partial charge in [0.1, 0.15) is 5.02 Å². The Morgan fingerprint density at radius 1 is 1.39 bits per heavy atom. The van der Waals surface area contributed by atoms with Gasteiger partial charge in [-0.2, -0.15) is 10.1 Å². The van der Waals surface area contributed by atoms with Crippen molar-refractivity contribution in [2.75, 3.05) is 37.8 Å². The van der Waals surface area contributed by atoms with Crippen LogP contribution in [0.4, 0.5) is 17.5 Å². The summed E-state index contributed by atoms with van der Waals surface area (Å²) in [5.41, 5.74) is 0.803. The van der Waals surface area contributed by atoms with E-state index >= 15 is 0 Å². The van der Waals surface area contributed by atoms with E-state index in [1.165, 1.54) is 6.08 Å². The molecule has 9 nitrogen and oxygen atoms in total. The zero-order valence-corrected chi connectivity index (χ0v) is 19.1. The summed E-state index contributed by atoms with van der Waals surface area (Å²) < 4.78 is 1.87. The average molecular weight is 447 g/mol. The Labute approximate surface area is 188 Å². The van der Waals surface area contributed by atoms with E-state index in [0.717, 1.165) is 31.6 Å². The van der Waals surface area contributed by atoms with E-state index in [0.29, 0.717) is 23.3 Å². The van der Waals surface area contributed by atoms with Gasteiger partial charge >= 0.3 is 0 Å². The summed E-state index contributed by atoms with van der Waals surface area (Å²) in [5.74, 6) is 0.940. The molecular weight excluding hydrogens is 416 g/mol. The molecule has 0 bridgehead atoms. The Balaban J connectivity index is 1.98. The van der Waals surface area contributed by atoms with Gasteiger partial charge < -0.3 is 20.9 Å². The number of carbonyl (C=O) groups is 1. The lowest BCUT2D eigenvalue weighted by Gasteiger charge is -2.15. The Bertz CT molecular complexity index is 880. The number of halogens is 1. The zero-order chi connectivity index (χ0) is 22.6. The number of hydrogen-bond acceptors (Lipinski definition) is 7. The first-order chi connectivity index (χ1) is 14.9. The molecule has 0 aliphatic heterocycles. The molecule has 0 fully saturated rings. The third-order valence-corrected chi connectivity index (χ3v) is 4.66. The molecule has 1 unspecified atom stereocenters. The number of anilines is 3. The van der Waals surface area contributed by atoms with Crippen LogP contribution in [0, 0.1) is 5.92 Å². The van der Waals surface area contributed by atoms with Crippen LogP contribution >= 0.6 is 11.6 Å². The smallest absolute Gasteiger partial charge is 0.247 e. The van der Waals surface area contributed by atoms with Crippen molar-refractivity contribution in [2.45, 2.75) is 26.3 Å². The second-order valence-corrected chi connectivity index (χ2v) is 7.72. The molecule has 2 aromatic rings. The Kier molecular flexibility index (Phi) is 9.99. The van der Waals surface area contributed by atoms with Crippen LogP contribution in [0.3, 0.4) is 0 Å². The molecule has 0 spiro atoms. The largest absolute Gasteiger partial charge is 0.368 e. The molecule has 0 radical (unpaired) electrons. The van der Waals surface area contributed by atoms with Gasteiger partial charge in [-0.1, -0.05) is 37.6 Å². The van der Waals surface area contributed by atoms with E-state index in [1.807, 2.05) is 31.1 Å². The topological polar surface area (TPSA) is 100 Å². The van der Waals surface area contributed by atoms with Crippen molar-refractivity contribution in [1.82, 2.24) is 30.0 Å². The Morgan fingerprint density at radius 2 is 2.19 bits per heavy atom. The van der Waals surface area contributed by atoms with Crippen LogP contribution in [0.15, 0.2) is 43.5 Å². The van der Waals surface area contributed by atoms with Crippen molar-refractivity contribution in [1.29, 1.82) is 0 Å². The fourth-order valence-corrected chi connectivity index (χ4v) is 2.88. The van der Waals surface area contributed by atoms with Gasteiger partial charge in [0.05, 0.1) is 24.6 Å². The van der Waals surface area contributed by atoms with Crippen molar-refractivity contribution in [2.24, 2.45) is 5.92 Å². The molecule has 0 aliphatic carbocycles. The number of hydrogen-bond donors (Lipinski definition) is 3. The molecule has 31 heavy (non-hydrogen) atoms. The highest BCUT2D eigenvalue weighted by Crippen LogP contribution is 2.22. The van der Waals surface area contributed by atoms with Crippen molar-refractivity contribution in [3.8, 4) is 0 Å². The van der Waals surface area contributed by atoms with E-state index in [-0.39, 0.29) is 11.8 Å². The number of likely N-dealkylation sites (N-methyl/N-ethyl adjacent to an activating group) is 1. The minimum Gasteiger partial charge on any atom is -0.368 e. The average Bonchev–Trinajstić information content (AvgIpc) is 3.19. The van der Waals surface area contributed by atoms with Crippen molar-refractivity contribution in [3.05, 3.63) is 48.5 Å². The quantitative estimate of drug-likeness (QED) is 0.406. The van der Waals surface area contributed by atoms with Gasteiger partial charge in [0.25, 0.3) is 0 Å². The summed E-state index contributed by atoms with van der Waals surface area (Å²) in [6.07, 6.45) is 12.0. The predicted molar refractivity (Wildman–Crippen MR) is 125 cm³/mol. The van der Waals surface area contributed by atoms with Gasteiger partial charge in [0.15, 0.2) is 5.82 Å². The lowest BCUT2D eigenvalue weighted by molar-refractivity contribution is -0.115. The van der Waals surface area contributed by atoms with Crippen molar-refractivity contribution < 1.29 is 4.79 Å². The van der Waals surface area contributed by atoms with Crippen LogP contribution in [0.1, 0.15) is 19.8 Å². The lowest BCUT2D eigenvalue weighted by Crippen LogP contribution is -2.18. The Morgan fingerprint density at radius 3 is 2.90 bits per heavy atom. The highest BCUT2D eigenvalue weighted by Gasteiger charge is 2.10. The van der Waals surface area contributed by atoms with E-state index in [1.54, 1.807) is 18.6 Å². The van der Waals surface area contributed by atoms with Gasteiger partial charge in [0, 0.05) is 25.5 Å². The fourth-order valence-electron chi connectivity index (χ4n) is 2.72. The number of aromatic nitrogens is 4. The fraction of sp³-hybridized carbons (Fsp3) is 0.429. The third-order valence-electron chi connectivity index (χ3n) is 4.38. The zero-order valence-electron chi connectivity index (χ0n) is 18.3. The molecule has 3 N–H and O–H groups in total. The predicted octanol–water partition coefficient (Wildman–Crippen LogP) is 3.28. The summed E-state index contributed by atoms with van der Waals surface area (Å²) in [7, 11) is 4.05. The molecule has 10 heteroatoms. The molecule has 0 saturated carbocycles. The summed E-state index contributed by atoms with van der Waals surface area (Å²) in [5, 5.41) is 13.9. The van der Waals surface area contributed by atoms with Gasteiger partial charge in [-0.3, -0.25) is 9.48 Å². The van der Waals surface area contributed by atoms with Crippen LogP contribution in [0.2, 0.25) is 5.02 Å². The molecular formula is C21H31ClN8O. The van der Waals surface area contributed by atoms with Gasteiger partial charge in [0.2, 0.25) is 11.9 Å². The minimum absolute atomic E-state index is 0.201. The van der Waals surface area contributed by atoms with Gasteiger partial charge in [-0.15, -0.1) is 0 Å². The molecule has 1 atom stereocenters. The van der Waals surface area contributed by atoms with E-state index in [2.05, 4.69) is 49.4 Å². The second kappa shape index (κ2) is 12.7. The molecule has 168 valence electrons. The van der Waals surface area contributed by atoms with Gasteiger partial charge in [-0.05, 0) is 32.5 Å². The van der Waals surface area contributed by atoms with Crippen LogP contribution < -0.4 is 16.0 Å². The SMILES string of the molecule is C=CC(=O)N/C=C/C(CCC)CNc1nc(Nc2cnn(CCN(C)C)c2)ncc1Cl. The van der Waals surface area contributed by atoms with E-state index in [9.17, 15) is 4.79 Å². The highest BCUT2D eigenvalue weighted by molar-refractivity contribution is 6.32. The van der Waals surface area contributed by atoms with E-state index < -0.39 is 0 Å². The molecule has 0 aromatic carbocycles. The summed E-state index contributed by atoms with van der Waals surface area (Å²) in [6.45, 7) is 7.86. The van der Waals surface area contributed by atoms with E-state index in [4.69, 9.17) is 11.6 Å². The van der Waals surface area contributed by atoms with Crippen molar-refractivity contribution >= 4 is 35.0 Å². The monoisotopic (exact) mass is 446 g/mol. The highest BCUT2D eigenvalue weighted by atomic mass is 35.5. The summed E-state index contributed by atoms with van der Waals surface area (Å²) >= 11 is 6.28. The van der Waals surface area contributed by atoms with Crippen LogP contribution in [-0.4, -0.2) is 57.7 Å². The maximum Gasteiger partial charge on any atom is 0.247 e. The van der Waals surface area contributed by atoms with Gasteiger partial charge in [-0.25, -0.2) is 4.98 Å². The first kappa shape index (κ1) is 24.4. The van der Waals surface area contributed by atoms with Crippen LogP contribution in [-0.2, 0) is 11.3 Å². The minimum atomic E-state index is -0.237. The van der Waals surface area contributed by atoms with Crippen LogP contribution in [0.5, 0.6) is 0 Å². The molecule has 0 aliphatic rings. The number of nitrogens with zero attached hydrogens (tertiary/aromatic N) is 5. The van der Waals surface area contributed by atoms with Crippen molar-refractivity contribution in [3.63, 3.8) is 0 Å². The normalized spacial score (nSPS) is 12.2. The number of carbonyl (C=O) groups excluding carboxylic acids is 1. The summed E-state index contributed by atoms with van der Waals surface area (Å²) in [4.78, 5) is 22.1. The number of amides is 1. The maximum atomic E-state index is 11.3. The molecule has 1 amide bonds. The maximum absolute atomic E-state index is 11.3. The first-order valence-electron chi connectivity index (χ1n) is 10.2. The summed E-state index contributed by atoms with van der Waals surface area (Å²) in [6, 6.07) is 0. The standard InChI is InChI=1S/C21H31ClN8O/c1-5-7-16(8-9-23-19(31)6-2)12-24-20-18(22)14-25-21(28-20)27-17-13-26-30(15-17)11-10-29(3)4/h6,8-9,13-16H,2,5,7,10-12H2,1,3-4H3,(H,23,31)(H2,24,25,27,28)/b9-8+. The number of nitrogens with one attached hydrogen (secondary N) is 3. The molecule has 0 saturated heterocycles. The molecule has 2 rings (SSSR count). The molecule has 2 aromatic heterocycles. The first-order valence-corrected chi connectivity index (χ1v) is 10.6. The molecule has 2 heterocycles. The Hall–Kier alpha value is -2.91. The van der Waals surface area contributed by atoms with Crippen LogP contribution in [0.25, 0.3) is 0 Å². The number of rotatable bonds is 13. The lowest BCUT2D eigenvalue weighted by atomic mass is 10.0.